The van der Waals surface area contributed by atoms with Crippen LogP contribution >= 0.6 is 0 Å². The lowest BCUT2D eigenvalue weighted by atomic mass is 9.93. The second-order valence-electron chi connectivity index (χ2n) is 5.94. The zero-order valence-electron chi connectivity index (χ0n) is 13.1. The van der Waals surface area contributed by atoms with Crippen LogP contribution in [0.5, 0.6) is 0 Å². The molecule has 1 amide bonds. The van der Waals surface area contributed by atoms with Gasteiger partial charge in [-0.3, -0.25) is 4.79 Å². The number of nitrogens with zero attached hydrogens (tertiary/aromatic N) is 1. The van der Waals surface area contributed by atoms with Gasteiger partial charge in [-0.2, -0.15) is 0 Å². The molecule has 124 valence electrons. The van der Waals surface area contributed by atoms with Crippen molar-refractivity contribution in [2.75, 3.05) is 0 Å². The number of carboxylic acids is 1. The first kappa shape index (κ1) is 16.2. The van der Waals surface area contributed by atoms with E-state index in [2.05, 4.69) is 0 Å². The minimum absolute atomic E-state index is 0.0902. The number of hydrogen-bond acceptors (Lipinski definition) is 2. The van der Waals surface area contributed by atoms with Crippen LogP contribution in [0.3, 0.4) is 0 Å². The highest BCUT2D eigenvalue weighted by atomic mass is 19.1. The Morgan fingerprint density at radius 3 is 2.46 bits per heavy atom. The van der Waals surface area contributed by atoms with Crippen molar-refractivity contribution in [3.8, 4) is 0 Å². The molecule has 1 heterocycles. The lowest BCUT2D eigenvalue weighted by Gasteiger charge is -2.34. The SMILES string of the molecule is O=C(O)C1Cc2ccccc2CN1C(=O)CCc1ccccc1F. The molecule has 2 aromatic rings. The van der Waals surface area contributed by atoms with Crippen LogP contribution in [0, 0.1) is 5.82 Å². The van der Waals surface area contributed by atoms with E-state index in [9.17, 15) is 19.1 Å². The van der Waals surface area contributed by atoms with Gasteiger partial charge in [0.05, 0.1) is 0 Å². The monoisotopic (exact) mass is 327 g/mol. The molecule has 0 bridgehead atoms. The summed E-state index contributed by atoms with van der Waals surface area (Å²) in [5.41, 5.74) is 2.40. The molecule has 0 spiro atoms. The molecule has 24 heavy (non-hydrogen) atoms. The lowest BCUT2D eigenvalue weighted by molar-refractivity contribution is -0.151. The Labute approximate surface area is 139 Å². The largest absolute Gasteiger partial charge is 0.480 e. The third-order valence-electron chi connectivity index (χ3n) is 4.42. The molecule has 1 aliphatic rings. The van der Waals surface area contributed by atoms with Crippen molar-refractivity contribution in [3.05, 3.63) is 71.0 Å². The minimum Gasteiger partial charge on any atom is -0.480 e. The van der Waals surface area contributed by atoms with E-state index >= 15 is 0 Å². The van der Waals surface area contributed by atoms with E-state index in [1.165, 1.54) is 11.0 Å². The van der Waals surface area contributed by atoms with Gasteiger partial charge >= 0.3 is 5.97 Å². The van der Waals surface area contributed by atoms with Crippen molar-refractivity contribution in [2.45, 2.75) is 31.8 Å². The fourth-order valence-corrected chi connectivity index (χ4v) is 3.09. The highest BCUT2D eigenvalue weighted by molar-refractivity contribution is 5.84. The molecule has 0 saturated carbocycles. The molecule has 0 aliphatic carbocycles. The van der Waals surface area contributed by atoms with Crippen molar-refractivity contribution in [1.82, 2.24) is 4.90 Å². The first-order chi connectivity index (χ1) is 11.6. The third-order valence-corrected chi connectivity index (χ3v) is 4.42. The highest BCUT2D eigenvalue weighted by Gasteiger charge is 2.34. The number of fused-ring (bicyclic) bond motifs is 1. The number of aliphatic carboxylic acids is 1. The van der Waals surface area contributed by atoms with Crippen molar-refractivity contribution < 1.29 is 19.1 Å². The van der Waals surface area contributed by atoms with Gasteiger partial charge in [-0.1, -0.05) is 42.5 Å². The van der Waals surface area contributed by atoms with Gasteiger partial charge in [0, 0.05) is 19.4 Å². The molecule has 0 fully saturated rings. The molecule has 0 radical (unpaired) electrons. The standard InChI is InChI=1S/C19H18FNO3/c20-16-8-4-3-5-13(16)9-10-18(22)21-12-15-7-2-1-6-14(15)11-17(21)19(23)24/h1-8,17H,9-12H2,(H,23,24). The van der Waals surface area contributed by atoms with Crippen molar-refractivity contribution in [1.29, 1.82) is 0 Å². The minimum atomic E-state index is -1.01. The Morgan fingerprint density at radius 1 is 1.08 bits per heavy atom. The summed E-state index contributed by atoms with van der Waals surface area (Å²) in [5, 5.41) is 9.46. The number of carboxylic acid groups (broad SMARTS) is 1. The van der Waals surface area contributed by atoms with E-state index in [4.69, 9.17) is 0 Å². The average molecular weight is 327 g/mol. The Kier molecular flexibility index (Phi) is 4.60. The van der Waals surface area contributed by atoms with E-state index in [1.807, 2.05) is 24.3 Å². The molecular weight excluding hydrogens is 309 g/mol. The number of rotatable bonds is 4. The van der Waals surface area contributed by atoms with Gasteiger partial charge in [-0.15, -0.1) is 0 Å². The molecule has 1 N–H and O–H groups in total. The van der Waals surface area contributed by atoms with E-state index in [1.54, 1.807) is 18.2 Å². The second-order valence-corrected chi connectivity index (χ2v) is 5.94. The molecule has 1 aliphatic heterocycles. The molecule has 4 nitrogen and oxygen atoms in total. The predicted molar refractivity (Wildman–Crippen MR) is 86.8 cm³/mol. The second kappa shape index (κ2) is 6.83. The van der Waals surface area contributed by atoms with Crippen LogP contribution in [-0.4, -0.2) is 27.9 Å². The number of hydrogen-bond donors (Lipinski definition) is 1. The maximum absolute atomic E-state index is 13.7. The van der Waals surface area contributed by atoms with Crippen LogP contribution in [-0.2, 0) is 29.0 Å². The number of carbonyl (C=O) groups is 2. The molecule has 2 aromatic carbocycles. The maximum Gasteiger partial charge on any atom is 0.326 e. The molecule has 1 unspecified atom stereocenters. The van der Waals surface area contributed by atoms with Gasteiger partial charge in [-0.05, 0) is 29.2 Å². The summed E-state index contributed by atoms with van der Waals surface area (Å²) in [6.45, 7) is 0.281. The Balaban J connectivity index is 1.75. The first-order valence-electron chi connectivity index (χ1n) is 7.88. The van der Waals surface area contributed by atoms with E-state index in [0.717, 1.165) is 11.1 Å². The lowest BCUT2D eigenvalue weighted by Crippen LogP contribution is -2.48. The normalized spacial score (nSPS) is 16.5. The molecule has 5 heteroatoms. The van der Waals surface area contributed by atoms with E-state index in [-0.39, 0.29) is 31.1 Å². The van der Waals surface area contributed by atoms with Crippen LogP contribution in [0.4, 0.5) is 4.39 Å². The Bertz CT molecular complexity index is 775. The smallest absolute Gasteiger partial charge is 0.326 e. The summed E-state index contributed by atoms with van der Waals surface area (Å²) in [7, 11) is 0. The van der Waals surface area contributed by atoms with Crippen LogP contribution in [0.15, 0.2) is 48.5 Å². The first-order valence-corrected chi connectivity index (χ1v) is 7.88. The fraction of sp³-hybridized carbons (Fsp3) is 0.263. The van der Waals surface area contributed by atoms with Crippen molar-refractivity contribution in [2.24, 2.45) is 0 Å². The predicted octanol–water partition coefficient (Wildman–Crippen LogP) is 2.80. The summed E-state index contributed by atoms with van der Waals surface area (Å²) in [5.74, 6) is -1.62. The average Bonchev–Trinajstić information content (AvgIpc) is 2.59. The van der Waals surface area contributed by atoms with Gasteiger partial charge in [0.25, 0.3) is 0 Å². The van der Waals surface area contributed by atoms with Crippen LogP contribution in [0.25, 0.3) is 0 Å². The van der Waals surface area contributed by atoms with Gasteiger partial charge in [0.15, 0.2) is 0 Å². The number of halogens is 1. The van der Waals surface area contributed by atoms with Crippen LogP contribution in [0.2, 0.25) is 0 Å². The summed E-state index contributed by atoms with van der Waals surface area (Å²) in [4.78, 5) is 25.5. The third kappa shape index (κ3) is 3.30. The molecule has 1 atom stereocenters. The van der Waals surface area contributed by atoms with Crippen molar-refractivity contribution in [3.63, 3.8) is 0 Å². The van der Waals surface area contributed by atoms with Crippen LogP contribution in [0.1, 0.15) is 23.1 Å². The van der Waals surface area contributed by atoms with E-state index in [0.29, 0.717) is 12.0 Å². The molecule has 3 rings (SSSR count). The van der Waals surface area contributed by atoms with E-state index < -0.39 is 12.0 Å². The Morgan fingerprint density at radius 2 is 1.75 bits per heavy atom. The highest BCUT2D eigenvalue weighted by Crippen LogP contribution is 2.24. The number of aryl methyl sites for hydroxylation is 1. The van der Waals surface area contributed by atoms with Gasteiger partial charge in [-0.25, -0.2) is 9.18 Å². The number of benzene rings is 2. The summed E-state index contributed by atoms with van der Waals surface area (Å²) in [6, 6.07) is 13.0. The zero-order chi connectivity index (χ0) is 17.1. The fourth-order valence-electron chi connectivity index (χ4n) is 3.09. The molecular formula is C19H18FNO3. The zero-order valence-corrected chi connectivity index (χ0v) is 13.1. The van der Waals surface area contributed by atoms with Gasteiger partial charge in [0.2, 0.25) is 5.91 Å². The number of carbonyl (C=O) groups excluding carboxylic acids is 1. The summed E-state index contributed by atoms with van der Waals surface area (Å²) < 4.78 is 13.7. The number of amides is 1. The van der Waals surface area contributed by atoms with Crippen molar-refractivity contribution >= 4 is 11.9 Å². The Hall–Kier alpha value is -2.69. The van der Waals surface area contributed by atoms with Crippen LogP contribution < -0.4 is 0 Å². The maximum atomic E-state index is 13.7. The molecule has 0 aromatic heterocycles. The van der Waals surface area contributed by atoms with Gasteiger partial charge < -0.3 is 10.0 Å². The molecule has 0 saturated heterocycles. The summed E-state index contributed by atoms with van der Waals surface area (Å²) >= 11 is 0. The van der Waals surface area contributed by atoms with Gasteiger partial charge in [0.1, 0.15) is 11.9 Å². The topological polar surface area (TPSA) is 57.6 Å². The quantitative estimate of drug-likeness (QED) is 0.939. The summed E-state index contributed by atoms with van der Waals surface area (Å²) in [6.07, 6.45) is 0.653.